The number of nitrogens with one attached hydrogen (secondary N) is 1. The molecule has 2 aliphatic rings. The van der Waals surface area contributed by atoms with Gasteiger partial charge in [0.15, 0.2) is 0 Å². The van der Waals surface area contributed by atoms with Crippen molar-refractivity contribution in [3.8, 4) is 0 Å². The Morgan fingerprint density at radius 1 is 1.53 bits per heavy atom. The molecule has 0 spiro atoms. The van der Waals surface area contributed by atoms with Crippen molar-refractivity contribution in [2.45, 2.75) is 38.1 Å². The highest BCUT2D eigenvalue weighted by molar-refractivity contribution is 5.06. The molecule has 0 unspecified atom stereocenters. The minimum Gasteiger partial charge on any atom is -0.313 e. The molecule has 1 N–H and O–H groups in total. The molecule has 0 atom stereocenters. The maximum absolute atomic E-state index is 4.17. The Labute approximate surface area is 90.0 Å². The monoisotopic (exact) mass is 206 g/mol. The quantitative estimate of drug-likeness (QED) is 0.778. The van der Waals surface area contributed by atoms with Crippen LogP contribution in [0, 0.1) is 5.41 Å². The summed E-state index contributed by atoms with van der Waals surface area (Å²) >= 11 is 0. The summed E-state index contributed by atoms with van der Waals surface area (Å²) in [5.41, 5.74) is 1.66. The van der Waals surface area contributed by atoms with E-state index in [9.17, 15) is 0 Å². The molecule has 0 aromatic carbocycles. The number of hydrogen-bond acceptors (Lipinski definition) is 3. The van der Waals surface area contributed by atoms with Crippen molar-refractivity contribution in [2.24, 2.45) is 12.5 Å². The first-order chi connectivity index (χ1) is 7.26. The third-order valence-electron chi connectivity index (χ3n) is 3.51. The van der Waals surface area contributed by atoms with Crippen LogP contribution >= 0.6 is 0 Å². The Hall–Kier alpha value is -0.900. The van der Waals surface area contributed by atoms with E-state index in [-0.39, 0.29) is 0 Å². The lowest BCUT2D eigenvalue weighted by molar-refractivity contribution is 0.449. The van der Waals surface area contributed by atoms with Crippen molar-refractivity contribution in [2.75, 3.05) is 6.54 Å². The number of nitrogens with zero attached hydrogens (tertiary/aromatic N) is 3. The maximum atomic E-state index is 4.17. The molecule has 0 bridgehead atoms. The second-order valence-electron chi connectivity index (χ2n) is 5.22. The molecular formula is C11H18N4. The highest BCUT2D eigenvalue weighted by Gasteiger charge is 2.43. The van der Waals surface area contributed by atoms with Crippen LogP contribution in [0.2, 0.25) is 0 Å². The third-order valence-corrected chi connectivity index (χ3v) is 3.51. The van der Waals surface area contributed by atoms with Crippen molar-refractivity contribution >= 4 is 0 Å². The van der Waals surface area contributed by atoms with Gasteiger partial charge in [-0.3, -0.25) is 4.68 Å². The summed E-state index contributed by atoms with van der Waals surface area (Å²) in [6.07, 6.45) is 8.59. The van der Waals surface area contributed by atoms with Gasteiger partial charge in [-0.25, -0.2) is 0 Å². The lowest BCUT2D eigenvalue weighted by Crippen LogP contribution is -2.27. The summed E-state index contributed by atoms with van der Waals surface area (Å²) in [5, 5.41) is 11.8. The second kappa shape index (κ2) is 3.30. The standard InChI is InChI=1S/C11H18N4/c1-15-7-10(13-14-15)6-11(4-5-11)8-12-9-2-3-9/h7,9,12H,2-6,8H2,1H3. The van der Waals surface area contributed by atoms with Crippen LogP contribution in [-0.2, 0) is 13.5 Å². The Bertz CT molecular complexity index is 349. The van der Waals surface area contributed by atoms with Gasteiger partial charge in [-0.15, -0.1) is 5.10 Å². The van der Waals surface area contributed by atoms with Gasteiger partial charge in [-0.2, -0.15) is 0 Å². The topological polar surface area (TPSA) is 42.7 Å². The van der Waals surface area contributed by atoms with Gasteiger partial charge >= 0.3 is 0 Å². The van der Waals surface area contributed by atoms with E-state index in [0.29, 0.717) is 5.41 Å². The van der Waals surface area contributed by atoms with Gasteiger partial charge in [-0.05, 0) is 37.5 Å². The third kappa shape index (κ3) is 2.20. The first-order valence-corrected chi connectivity index (χ1v) is 5.84. The van der Waals surface area contributed by atoms with Crippen LogP contribution in [0.5, 0.6) is 0 Å². The van der Waals surface area contributed by atoms with E-state index < -0.39 is 0 Å². The van der Waals surface area contributed by atoms with Gasteiger partial charge in [0.2, 0.25) is 0 Å². The van der Waals surface area contributed by atoms with E-state index in [0.717, 1.165) is 18.2 Å². The summed E-state index contributed by atoms with van der Waals surface area (Å²) in [4.78, 5) is 0. The number of hydrogen-bond donors (Lipinski definition) is 1. The fourth-order valence-corrected chi connectivity index (χ4v) is 2.10. The van der Waals surface area contributed by atoms with E-state index >= 15 is 0 Å². The molecule has 0 aliphatic heterocycles. The van der Waals surface area contributed by atoms with Crippen molar-refractivity contribution in [3.05, 3.63) is 11.9 Å². The number of rotatable bonds is 5. The molecule has 0 saturated heterocycles. The van der Waals surface area contributed by atoms with E-state index in [1.54, 1.807) is 4.68 Å². The van der Waals surface area contributed by atoms with Crippen LogP contribution in [0.4, 0.5) is 0 Å². The minimum atomic E-state index is 0.513. The second-order valence-corrected chi connectivity index (χ2v) is 5.22. The first kappa shape index (κ1) is 9.33. The smallest absolute Gasteiger partial charge is 0.0833 e. The lowest BCUT2D eigenvalue weighted by Gasteiger charge is -2.13. The van der Waals surface area contributed by atoms with Crippen LogP contribution in [0.25, 0.3) is 0 Å². The zero-order chi connectivity index (χ0) is 10.3. The van der Waals surface area contributed by atoms with Gasteiger partial charge in [0.25, 0.3) is 0 Å². The zero-order valence-corrected chi connectivity index (χ0v) is 9.24. The SMILES string of the molecule is Cn1cc(CC2(CNC3CC3)CC2)nn1. The van der Waals surface area contributed by atoms with Crippen molar-refractivity contribution < 1.29 is 0 Å². The summed E-state index contributed by atoms with van der Waals surface area (Å²) < 4.78 is 1.79. The van der Waals surface area contributed by atoms with Gasteiger partial charge < -0.3 is 5.32 Å². The normalized spacial score (nSPS) is 23.0. The Kier molecular flexibility index (Phi) is 2.06. The van der Waals surface area contributed by atoms with Crippen LogP contribution in [0.3, 0.4) is 0 Å². The Balaban J connectivity index is 1.56. The highest BCUT2D eigenvalue weighted by atomic mass is 15.4. The molecule has 4 nitrogen and oxygen atoms in total. The molecule has 3 rings (SSSR count). The predicted molar refractivity (Wildman–Crippen MR) is 57.4 cm³/mol. The number of aromatic nitrogens is 3. The molecule has 2 aliphatic carbocycles. The molecule has 1 aromatic heterocycles. The molecular weight excluding hydrogens is 188 g/mol. The summed E-state index contributed by atoms with van der Waals surface area (Å²) in [7, 11) is 1.93. The molecule has 0 radical (unpaired) electrons. The number of aryl methyl sites for hydroxylation is 1. The van der Waals surface area contributed by atoms with Gasteiger partial charge in [0, 0.05) is 25.8 Å². The van der Waals surface area contributed by atoms with Crippen LogP contribution in [-0.4, -0.2) is 27.6 Å². The molecule has 4 heteroatoms. The highest BCUT2D eigenvalue weighted by Crippen LogP contribution is 2.47. The van der Waals surface area contributed by atoms with E-state index in [4.69, 9.17) is 0 Å². The fraction of sp³-hybridized carbons (Fsp3) is 0.818. The van der Waals surface area contributed by atoms with Gasteiger partial charge in [-0.1, -0.05) is 5.21 Å². The average Bonchev–Trinajstić information content (AvgIpc) is 3.08. The average molecular weight is 206 g/mol. The molecule has 2 fully saturated rings. The van der Waals surface area contributed by atoms with Crippen molar-refractivity contribution in [1.29, 1.82) is 0 Å². The lowest BCUT2D eigenvalue weighted by atomic mass is 10.0. The summed E-state index contributed by atoms with van der Waals surface area (Å²) in [5.74, 6) is 0. The molecule has 82 valence electrons. The fourth-order valence-electron chi connectivity index (χ4n) is 2.10. The summed E-state index contributed by atoms with van der Waals surface area (Å²) in [6, 6.07) is 0.823. The van der Waals surface area contributed by atoms with Crippen LogP contribution < -0.4 is 5.32 Å². The molecule has 1 aromatic rings. The first-order valence-electron chi connectivity index (χ1n) is 5.84. The molecule has 2 saturated carbocycles. The van der Waals surface area contributed by atoms with Gasteiger partial charge in [0.1, 0.15) is 0 Å². The minimum absolute atomic E-state index is 0.513. The van der Waals surface area contributed by atoms with E-state index in [2.05, 4.69) is 15.6 Å². The predicted octanol–water partition coefficient (Wildman–Crippen LogP) is 0.890. The largest absolute Gasteiger partial charge is 0.313 e. The van der Waals surface area contributed by atoms with Gasteiger partial charge in [0.05, 0.1) is 5.69 Å². The van der Waals surface area contributed by atoms with Crippen molar-refractivity contribution in [3.63, 3.8) is 0 Å². The molecule has 15 heavy (non-hydrogen) atoms. The van der Waals surface area contributed by atoms with Crippen LogP contribution in [0.15, 0.2) is 6.20 Å². The van der Waals surface area contributed by atoms with E-state index in [1.165, 1.54) is 32.2 Å². The Morgan fingerprint density at radius 2 is 2.33 bits per heavy atom. The van der Waals surface area contributed by atoms with Crippen molar-refractivity contribution in [1.82, 2.24) is 20.3 Å². The maximum Gasteiger partial charge on any atom is 0.0833 e. The molecule has 1 heterocycles. The zero-order valence-electron chi connectivity index (χ0n) is 9.24. The summed E-state index contributed by atoms with van der Waals surface area (Å²) in [6.45, 7) is 1.17. The Morgan fingerprint density at radius 3 is 2.87 bits per heavy atom. The van der Waals surface area contributed by atoms with E-state index in [1.807, 2.05) is 13.2 Å². The van der Waals surface area contributed by atoms with Crippen LogP contribution in [0.1, 0.15) is 31.4 Å². The molecule has 0 amide bonds.